The zero-order chi connectivity index (χ0) is 21.0. The Balaban J connectivity index is 1.71. The van der Waals surface area contributed by atoms with Gasteiger partial charge in [-0.2, -0.15) is 5.10 Å². The van der Waals surface area contributed by atoms with E-state index in [2.05, 4.69) is 10.4 Å². The smallest absolute Gasteiger partial charge is 0.363 e. The molecule has 3 aromatic rings. The number of nitrogens with one attached hydrogen (secondary N) is 1. The van der Waals surface area contributed by atoms with Crippen molar-refractivity contribution < 1.29 is 23.5 Å². The predicted molar refractivity (Wildman–Crippen MR) is 105 cm³/mol. The Morgan fingerprint density at radius 2 is 1.90 bits per heavy atom. The van der Waals surface area contributed by atoms with Crippen LogP contribution >= 0.6 is 0 Å². The maximum Gasteiger partial charge on any atom is 0.363 e. The molecule has 0 aliphatic carbocycles. The van der Waals surface area contributed by atoms with Crippen molar-refractivity contribution in [2.24, 2.45) is 0 Å². The Kier molecular flexibility index (Phi) is 5.92. The van der Waals surface area contributed by atoms with Gasteiger partial charge in [0.25, 0.3) is 5.91 Å². The molecule has 0 aliphatic rings. The number of para-hydroxylation sites is 1. The van der Waals surface area contributed by atoms with Crippen molar-refractivity contribution in [2.75, 3.05) is 12.4 Å². The van der Waals surface area contributed by atoms with Gasteiger partial charge < -0.3 is 14.8 Å². The lowest BCUT2D eigenvalue weighted by Gasteiger charge is -2.13. The van der Waals surface area contributed by atoms with Crippen molar-refractivity contribution >= 4 is 17.6 Å². The van der Waals surface area contributed by atoms with Crippen LogP contribution in [0.1, 0.15) is 23.0 Å². The topological polar surface area (TPSA) is 82.5 Å². The fourth-order valence-electron chi connectivity index (χ4n) is 2.55. The second-order valence-electron chi connectivity index (χ2n) is 6.33. The summed E-state index contributed by atoms with van der Waals surface area (Å²) in [6.07, 6.45) is 0.421. The van der Waals surface area contributed by atoms with Crippen molar-refractivity contribution in [1.82, 2.24) is 9.78 Å². The summed E-state index contributed by atoms with van der Waals surface area (Å²) in [5.41, 5.74) is 1.41. The number of esters is 1. The molecular weight excluding hydrogens is 377 g/mol. The minimum Gasteiger partial charge on any atom is -0.493 e. The van der Waals surface area contributed by atoms with E-state index in [1.165, 1.54) is 24.8 Å². The molecule has 1 heterocycles. The lowest BCUT2D eigenvalue weighted by molar-refractivity contribution is -0.123. The number of nitrogens with zero attached hydrogens (tertiary/aromatic N) is 2. The van der Waals surface area contributed by atoms with Crippen LogP contribution in [-0.2, 0) is 9.53 Å². The third-order valence-electron chi connectivity index (χ3n) is 4.21. The summed E-state index contributed by atoms with van der Waals surface area (Å²) in [6.45, 7) is 3.03. The summed E-state index contributed by atoms with van der Waals surface area (Å²) in [7, 11) is 1.41. The van der Waals surface area contributed by atoms with Crippen molar-refractivity contribution in [1.29, 1.82) is 0 Å². The Hall–Kier alpha value is -3.68. The number of halogens is 1. The van der Waals surface area contributed by atoms with E-state index in [1.54, 1.807) is 25.3 Å². The molecule has 0 fully saturated rings. The molecule has 0 saturated heterocycles. The maximum atomic E-state index is 13.6. The van der Waals surface area contributed by atoms with Gasteiger partial charge in [0, 0.05) is 5.69 Å². The molecule has 2 aromatic carbocycles. The Morgan fingerprint density at radius 1 is 1.17 bits per heavy atom. The fourth-order valence-corrected chi connectivity index (χ4v) is 2.55. The summed E-state index contributed by atoms with van der Waals surface area (Å²) in [6, 6.07) is 13.5. The Morgan fingerprint density at radius 3 is 2.55 bits per heavy atom. The van der Waals surface area contributed by atoms with E-state index >= 15 is 0 Å². The molecule has 0 spiro atoms. The monoisotopic (exact) mass is 397 g/mol. The standard InChI is InChI=1S/C21H20FN3O4/c1-13-9-10-15(11-17(13)22)23-20(26)14(2)29-21(27)19-18(28-3)12-25(24-19)16-7-5-4-6-8-16/h4-12,14H,1-3H3,(H,23,26)/t14-/m1/s1. The molecule has 7 nitrogen and oxygen atoms in total. The fraction of sp³-hybridized carbons (Fsp3) is 0.190. The predicted octanol–water partition coefficient (Wildman–Crippen LogP) is 3.51. The molecule has 0 saturated carbocycles. The lowest BCUT2D eigenvalue weighted by Crippen LogP contribution is -2.30. The highest BCUT2D eigenvalue weighted by Crippen LogP contribution is 2.21. The third kappa shape index (κ3) is 4.60. The van der Waals surface area contributed by atoms with E-state index < -0.39 is 23.8 Å². The van der Waals surface area contributed by atoms with E-state index in [0.29, 0.717) is 5.56 Å². The van der Waals surface area contributed by atoms with Gasteiger partial charge in [-0.15, -0.1) is 0 Å². The van der Waals surface area contributed by atoms with E-state index in [-0.39, 0.29) is 17.1 Å². The minimum atomic E-state index is -1.13. The van der Waals surface area contributed by atoms with Gasteiger partial charge in [-0.3, -0.25) is 4.79 Å². The van der Waals surface area contributed by atoms with E-state index in [0.717, 1.165) is 5.69 Å². The zero-order valence-corrected chi connectivity index (χ0v) is 16.2. The molecule has 0 aliphatic heterocycles. The molecule has 29 heavy (non-hydrogen) atoms. The normalized spacial score (nSPS) is 11.6. The van der Waals surface area contributed by atoms with Crippen molar-refractivity contribution in [3.63, 3.8) is 0 Å². The average Bonchev–Trinajstić information content (AvgIpc) is 3.16. The number of hydrogen-bond donors (Lipinski definition) is 1. The maximum absolute atomic E-state index is 13.6. The SMILES string of the molecule is COc1cn(-c2ccccc2)nc1C(=O)O[C@H](C)C(=O)Nc1ccc(C)c(F)c1. The molecular formula is C21H20FN3O4. The van der Waals surface area contributed by atoms with E-state index in [4.69, 9.17) is 9.47 Å². The van der Waals surface area contributed by atoms with Crippen LogP contribution in [-0.4, -0.2) is 34.9 Å². The van der Waals surface area contributed by atoms with E-state index in [9.17, 15) is 14.0 Å². The van der Waals surface area contributed by atoms with Crippen LogP contribution in [0.4, 0.5) is 10.1 Å². The van der Waals surface area contributed by atoms with Crippen molar-refractivity contribution in [3.05, 3.63) is 71.8 Å². The highest BCUT2D eigenvalue weighted by atomic mass is 19.1. The number of benzene rings is 2. The molecule has 0 radical (unpaired) electrons. The number of amides is 1. The van der Waals surface area contributed by atoms with Gasteiger partial charge in [0.05, 0.1) is 19.0 Å². The van der Waals surface area contributed by atoms with Gasteiger partial charge in [-0.25, -0.2) is 13.9 Å². The summed E-state index contributed by atoms with van der Waals surface area (Å²) in [5, 5.41) is 6.72. The quantitative estimate of drug-likeness (QED) is 0.644. The number of aromatic nitrogens is 2. The Bertz CT molecular complexity index is 1030. The van der Waals surface area contributed by atoms with Crippen LogP contribution in [0.2, 0.25) is 0 Å². The number of hydrogen-bond acceptors (Lipinski definition) is 5. The first-order valence-corrected chi connectivity index (χ1v) is 8.86. The number of methoxy groups -OCH3 is 1. The molecule has 150 valence electrons. The summed E-state index contributed by atoms with van der Waals surface area (Å²) < 4.78 is 25.5. The average molecular weight is 397 g/mol. The summed E-state index contributed by atoms with van der Waals surface area (Å²) in [4.78, 5) is 24.8. The van der Waals surface area contributed by atoms with Gasteiger partial charge in [0.15, 0.2) is 11.9 Å². The number of anilines is 1. The van der Waals surface area contributed by atoms with Gasteiger partial charge in [0.1, 0.15) is 5.82 Å². The second kappa shape index (κ2) is 8.55. The van der Waals surface area contributed by atoms with Crippen LogP contribution < -0.4 is 10.1 Å². The molecule has 1 atom stereocenters. The first kappa shape index (κ1) is 20.1. The lowest BCUT2D eigenvalue weighted by atomic mass is 10.2. The third-order valence-corrected chi connectivity index (χ3v) is 4.21. The Labute approximate surface area is 167 Å². The van der Waals surface area contributed by atoms with Crippen LogP contribution in [0.15, 0.2) is 54.7 Å². The highest BCUT2D eigenvalue weighted by Gasteiger charge is 2.25. The molecule has 1 N–H and O–H groups in total. The van der Waals surface area contributed by atoms with Crippen LogP contribution in [0.5, 0.6) is 5.75 Å². The van der Waals surface area contributed by atoms with Crippen molar-refractivity contribution in [2.45, 2.75) is 20.0 Å². The highest BCUT2D eigenvalue weighted by molar-refractivity contribution is 5.97. The molecule has 8 heteroatoms. The van der Waals surface area contributed by atoms with Gasteiger partial charge >= 0.3 is 5.97 Å². The summed E-state index contributed by atoms with van der Waals surface area (Å²) >= 11 is 0. The molecule has 1 aromatic heterocycles. The summed E-state index contributed by atoms with van der Waals surface area (Å²) in [5.74, 6) is -1.63. The van der Waals surface area contributed by atoms with Gasteiger partial charge in [-0.1, -0.05) is 24.3 Å². The van der Waals surface area contributed by atoms with Crippen LogP contribution in [0.3, 0.4) is 0 Å². The molecule has 0 unspecified atom stereocenters. The largest absolute Gasteiger partial charge is 0.493 e. The number of rotatable bonds is 6. The molecule has 3 rings (SSSR count). The van der Waals surface area contributed by atoms with Crippen LogP contribution in [0.25, 0.3) is 5.69 Å². The van der Waals surface area contributed by atoms with E-state index in [1.807, 2.05) is 30.3 Å². The number of carbonyl (C=O) groups is 2. The number of ether oxygens (including phenoxy) is 2. The first-order chi connectivity index (χ1) is 13.9. The van der Waals surface area contributed by atoms with Crippen LogP contribution in [0, 0.1) is 12.7 Å². The minimum absolute atomic E-state index is 0.0580. The first-order valence-electron chi connectivity index (χ1n) is 8.86. The zero-order valence-electron chi connectivity index (χ0n) is 16.2. The van der Waals surface area contributed by atoms with Crippen molar-refractivity contribution in [3.8, 4) is 11.4 Å². The van der Waals surface area contributed by atoms with Gasteiger partial charge in [0.2, 0.25) is 5.69 Å². The second-order valence-corrected chi connectivity index (χ2v) is 6.33. The number of carbonyl (C=O) groups excluding carboxylic acids is 2. The molecule has 1 amide bonds. The van der Waals surface area contributed by atoms with Gasteiger partial charge in [-0.05, 0) is 43.7 Å². The molecule has 0 bridgehead atoms. The number of aryl methyl sites for hydroxylation is 1.